The fourth-order valence-electron chi connectivity index (χ4n) is 4.93. The molecule has 4 heteroatoms. The molecule has 1 aliphatic heterocycles. The minimum Gasteiger partial charge on any atom is -0.322 e. The first kappa shape index (κ1) is 15.9. The van der Waals surface area contributed by atoms with Gasteiger partial charge in [-0.15, -0.1) is 0 Å². The fourth-order valence-corrected chi connectivity index (χ4v) is 5.63. The Morgan fingerprint density at radius 1 is 1.35 bits per heavy atom. The zero-order valence-electron chi connectivity index (χ0n) is 13.9. The van der Waals surface area contributed by atoms with Crippen LogP contribution >= 0.6 is 24.2 Å². The van der Waals surface area contributed by atoms with Gasteiger partial charge < -0.3 is 4.57 Å². The van der Waals surface area contributed by atoms with Crippen LogP contribution in [0.1, 0.15) is 43.7 Å². The van der Waals surface area contributed by atoms with Crippen LogP contribution in [0.25, 0.3) is 10.9 Å². The van der Waals surface area contributed by atoms with Gasteiger partial charge in [-0.25, -0.2) is 0 Å². The van der Waals surface area contributed by atoms with E-state index in [2.05, 4.69) is 54.1 Å². The lowest BCUT2D eigenvalue weighted by atomic mass is 9.72. The quantitative estimate of drug-likeness (QED) is 0.772. The predicted molar refractivity (Wildman–Crippen MR) is 102 cm³/mol. The number of nitrogens with zero attached hydrogens (tertiary/aromatic N) is 2. The van der Waals surface area contributed by atoms with Gasteiger partial charge in [-0.1, -0.05) is 37.6 Å². The summed E-state index contributed by atoms with van der Waals surface area (Å²) < 4.78 is 2.16. The molecule has 0 saturated carbocycles. The van der Waals surface area contributed by atoms with Gasteiger partial charge >= 0.3 is 0 Å². The normalized spacial score (nSPS) is 27.4. The van der Waals surface area contributed by atoms with Gasteiger partial charge in [-0.3, -0.25) is 4.90 Å². The Hall–Kier alpha value is -0.640. The lowest BCUT2D eigenvalue weighted by Gasteiger charge is -2.46. The van der Waals surface area contributed by atoms with Crippen LogP contribution in [0.15, 0.2) is 18.2 Å². The highest BCUT2D eigenvalue weighted by Gasteiger charge is 2.40. The van der Waals surface area contributed by atoms with Gasteiger partial charge in [0, 0.05) is 23.9 Å². The summed E-state index contributed by atoms with van der Waals surface area (Å²) in [6.07, 6.45) is 3.61. The van der Waals surface area contributed by atoms with Crippen molar-refractivity contribution >= 4 is 35.1 Å². The second kappa shape index (κ2) is 6.02. The molecule has 4 rings (SSSR count). The summed E-state index contributed by atoms with van der Waals surface area (Å²) in [4.78, 5) is 2.72. The highest BCUT2D eigenvalue weighted by atomic mass is 35.5. The minimum absolute atomic E-state index is 0.609. The van der Waals surface area contributed by atoms with Crippen LogP contribution in [0.3, 0.4) is 0 Å². The Balaban J connectivity index is 1.89. The van der Waals surface area contributed by atoms with Crippen LogP contribution in [0.4, 0.5) is 0 Å². The van der Waals surface area contributed by atoms with Gasteiger partial charge in [-0.05, 0) is 48.9 Å². The van der Waals surface area contributed by atoms with Crippen molar-refractivity contribution in [2.24, 2.45) is 5.92 Å². The molecule has 1 fully saturated rings. The molecule has 2 aromatic rings. The lowest BCUT2D eigenvalue weighted by Crippen LogP contribution is -2.49. The van der Waals surface area contributed by atoms with E-state index in [1.807, 2.05) is 0 Å². The fraction of sp³-hybridized carbons (Fsp3) is 0.579. The summed E-state index contributed by atoms with van der Waals surface area (Å²) in [5.41, 5.74) is 4.13. The molecule has 0 N–H and O–H groups in total. The molecular formula is C19H25ClN2S. The van der Waals surface area contributed by atoms with Gasteiger partial charge in [-0.2, -0.15) is 12.6 Å². The third-order valence-electron chi connectivity index (χ3n) is 5.75. The van der Waals surface area contributed by atoms with E-state index in [0.29, 0.717) is 17.8 Å². The second-order valence-corrected chi connectivity index (χ2v) is 7.93. The Morgan fingerprint density at radius 2 is 2.17 bits per heavy atom. The molecular weight excluding hydrogens is 324 g/mol. The summed E-state index contributed by atoms with van der Waals surface area (Å²) in [5, 5.41) is 2.31. The van der Waals surface area contributed by atoms with Crippen LogP contribution in [0.5, 0.6) is 0 Å². The Morgan fingerprint density at radius 3 is 2.91 bits per heavy atom. The number of aromatic nitrogens is 1. The van der Waals surface area contributed by atoms with E-state index in [1.54, 1.807) is 0 Å². The molecule has 1 aromatic heterocycles. The number of halogens is 1. The standard InChI is InChI=1S/C19H25ClN2S/c1-3-7-21-10-12(2)8-14-13-5-4-6-16-18(13)15(9-17(14)21)19(20)22(16)11-23/h4-6,12,14,17,23H,3,7-11H2,1-2H3/t12-,14-,17-/m1/s1. The molecule has 1 aliphatic carbocycles. The van der Waals surface area contributed by atoms with E-state index in [1.165, 1.54) is 48.0 Å². The third kappa shape index (κ3) is 2.35. The van der Waals surface area contributed by atoms with Crippen LogP contribution in [-0.4, -0.2) is 28.6 Å². The summed E-state index contributed by atoms with van der Waals surface area (Å²) in [7, 11) is 0. The smallest absolute Gasteiger partial charge is 0.114 e. The van der Waals surface area contributed by atoms with E-state index in [9.17, 15) is 0 Å². The largest absolute Gasteiger partial charge is 0.322 e. The van der Waals surface area contributed by atoms with Crippen LogP contribution < -0.4 is 0 Å². The van der Waals surface area contributed by atoms with Gasteiger partial charge in [0.2, 0.25) is 0 Å². The van der Waals surface area contributed by atoms with Crippen molar-refractivity contribution in [2.75, 3.05) is 13.1 Å². The van der Waals surface area contributed by atoms with Gasteiger partial charge in [0.05, 0.1) is 11.4 Å². The number of piperidine rings is 1. The summed E-state index contributed by atoms with van der Waals surface area (Å²) in [5.74, 6) is 2.05. The van der Waals surface area contributed by atoms with Crippen molar-refractivity contribution in [3.8, 4) is 0 Å². The lowest BCUT2D eigenvalue weighted by molar-refractivity contribution is 0.0911. The summed E-state index contributed by atoms with van der Waals surface area (Å²) in [6, 6.07) is 7.34. The molecule has 0 bridgehead atoms. The molecule has 0 spiro atoms. The molecule has 124 valence electrons. The average molecular weight is 349 g/mol. The van der Waals surface area contributed by atoms with E-state index < -0.39 is 0 Å². The van der Waals surface area contributed by atoms with Crippen LogP contribution in [-0.2, 0) is 12.3 Å². The molecule has 0 radical (unpaired) electrons. The second-order valence-electron chi connectivity index (χ2n) is 7.29. The summed E-state index contributed by atoms with van der Waals surface area (Å²) >= 11 is 11.2. The number of rotatable bonds is 3. The summed E-state index contributed by atoms with van der Waals surface area (Å²) in [6.45, 7) is 7.11. The molecule has 0 unspecified atom stereocenters. The maximum absolute atomic E-state index is 6.74. The molecule has 2 heterocycles. The van der Waals surface area contributed by atoms with Gasteiger partial charge in [0.25, 0.3) is 0 Å². The third-order valence-corrected chi connectivity index (χ3v) is 6.47. The maximum atomic E-state index is 6.74. The molecule has 1 aromatic carbocycles. The molecule has 0 amide bonds. The van der Waals surface area contributed by atoms with Crippen LogP contribution in [0, 0.1) is 5.92 Å². The number of hydrogen-bond donors (Lipinski definition) is 1. The monoisotopic (exact) mass is 348 g/mol. The number of thiol groups is 1. The zero-order chi connectivity index (χ0) is 16.1. The zero-order valence-corrected chi connectivity index (χ0v) is 15.6. The van der Waals surface area contributed by atoms with Crippen molar-refractivity contribution in [1.82, 2.24) is 9.47 Å². The van der Waals surface area contributed by atoms with E-state index in [4.69, 9.17) is 11.6 Å². The van der Waals surface area contributed by atoms with E-state index in [0.717, 1.165) is 17.5 Å². The number of benzene rings is 1. The van der Waals surface area contributed by atoms with Crippen molar-refractivity contribution in [3.63, 3.8) is 0 Å². The van der Waals surface area contributed by atoms with Crippen molar-refractivity contribution in [2.45, 2.75) is 50.9 Å². The van der Waals surface area contributed by atoms with Gasteiger partial charge in [0.15, 0.2) is 0 Å². The predicted octanol–water partition coefficient (Wildman–Crippen LogP) is 4.94. The highest BCUT2D eigenvalue weighted by molar-refractivity contribution is 7.79. The maximum Gasteiger partial charge on any atom is 0.114 e. The molecule has 2 aliphatic rings. The Bertz CT molecular complexity index is 739. The van der Waals surface area contributed by atoms with E-state index in [-0.39, 0.29) is 0 Å². The average Bonchev–Trinajstić information content (AvgIpc) is 2.82. The van der Waals surface area contributed by atoms with Gasteiger partial charge in [0.1, 0.15) is 5.15 Å². The Labute approximate surface area is 149 Å². The number of fused-ring (bicyclic) bond motifs is 2. The topological polar surface area (TPSA) is 8.17 Å². The van der Waals surface area contributed by atoms with Crippen molar-refractivity contribution < 1.29 is 0 Å². The highest BCUT2D eigenvalue weighted by Crippen LogP contribution is 2.47. The number of hydrogen-bond acceptors (Lipinski definition) is 2. The number of likely N-dealkylation sites (tertiary alicyclic amines) is 1. The first-order valence-corrected chi connectivity index (χ1v) is 9.81. The van der Waals surface area contributed by atoms with Crippen molar-refractivity contribution in [3.05, 3.63) is 34.5 Å². The van der Waals surface area contributed by atoms with Crippen molar-refractivity contribution in [1.29, 1.82) is 0 Å². The first-order valence-electron chi connectivity index (χ1n) is 8.80. The SMILES string of the molecule is CCCN1C[C@H](C)C[C@@H]2c3cccc4c3c(c(Cl)n4CS)C[C@H]21. The molecule has 3 atom stereocenters. The molecule has 1 saturated heterocycles. The van der Waals surface area contributed by atoms with Crippen LogP contribution in [0.2, 0.25) is 5.15 Å². The van der Waals surface area contributed by atoms with E-state index >= 15 is 0 Å². The first-order chi connectivity index (χ1) is 11.2. The Kier molecular flexibility index (Phi) is 4.15. The minimum atomic E-state index is 0.609. The molecule has 23 heavy (non-hydrogen) atoms. The molecule has 2 nitrogen and oxygen atoms in total.